The molecule has 3 aliphatic rings. The summed E-state index contributed by atoms with van der Waals surface area (Å²) in [7, 11) is 0. The Morgan fingerprint density at radius 2 is 1.63 bits per heavy atom. The van der Waals surface area contributed by atoms with Crippen molar-refractivity contribution in [3.63, 3.8) is 0 Å². The number of hydrogen-bond acceptors (Lipinski definition) is 3. The Hall–Kier alpha value is -2.17. The van der Waals surface area contributed by atoms with Gasteiger partial charge in [-0.1, -0.05) is 41.9 Å². The van der Waals surface area contributed by atoms with Crippen molar-refractivity contribution < 1.29 is 9.59 Å². The Balaban J connectivity index is 1.58. The van der Waals surface area contributed by atoms with Gasteiger partial charge in [0.2, 0.25) is 11.8 Å². The molecule has 0 aromatic heterocycles. The van der Waals surface area contributed by atoms with E-state index in [-0.39, 0.29) is 11.8 Å². The van der Waals surface area contributed by atoms with Gasteiger partial charge in [-0.2, -0.15) is 0 Å². The molecular weight excluding hydrogens is 360 g/mol. The zero-order valence-electron chi connectivity index (χ0n) is 15.0. The van der Waals surface area contributed by atoms with Gasteiger partial charge in [0.25, 0.3) is 0 Å². The van der Waals surface area contributed by atoms with E-state index in [0.717, 1.165) is 55.6 Å². The summed E-state index contributed by atoms with van der Waals surface area (Å²) in [6, 6.07) is 15.3. The Kier molecular flexibility index (Phi) is 3.72. The molecule has 2 fully saturated rings. The van der Waals surface area contributed by atoms with Crippen LogP contribution in [0.2, 0.25) is 5.02 Å². The van der Waals surface area contributed by atoms with Gasteiger partial charge in [-0.15, -0.1) is 0 Å². The van der Waals surface area contributed by atoms with Gasteiger partial charge in [0.1, 0.15) is 0 Å². The van der Waals surface area contributed by atoms with Crippen LogP contribution in [0.5, 0.6) is 0 Å². The molecule has 1 saturated heterocycles. The number of anilines is 1. The Morgan fingerprint density at radius 1 is 0.963 bits per heavy atom. The first-order valence-electron chi connectivity index (χ1n) is 9.54. The van der Waals surface area contributed by atoms with Crippen LogP contribution in [0.15, 0.2) is 48.5 Å². The van der Waals surface area contributed by atoms with Crippen LogP contribution < -0.4 is 10.2 Å². The van der Waals surface area contributed by atoms with E-state index in [0.29, 0.717) is 5.02 Å². The van der Waals surface area contributed by atoms with Crippen LogP contribution in [0.25, 0.3) is 0 Å². The summed E-state index contributed by atoms with van der Waals surface area (Å²) in [5, 5.41) is 3.99. The zero-order chi connectivity index (χ0) is 18.6. The molecule has 2 amide bonds. The van der Waals surface area contributed by atoms with Crippen LogP contribution in [0.4, 0.5) is 5.69 Å². The number of rotatable bonds is 2. The molecule has 1 aliphatic carbocycles. The zero-order valence-corrected chi connectivity index (χ0v) is 15.8. The van der Waals surface area contributed by atoms with Crippen molar-refractivity contribution in [2.45, 2.75) is 36.5 Å². The molecule has 0 radical (unpaired) electrons. The average molecular weight is 381 g/mol. The molecular formula is C22H21ClN2O2. The lowest BCUT2D eigenvalue weighted by Gasteiger charge is -2.33. The highest BCUT2D eigenvalue weighted by Crippen LogP contribution is 2.54. The van der Waals surface area contributed by atoms with Crippen molar-refractivity contribution in [1.29, 1.82) is 0 Å². The molecule has 2 aromatic rings. The van der Waals surface area contributed by atoms with Crippen LogP contribution in [0.1, 0.15) is 36.8 Å². The summed E-state index contributed by atoms with van der Waals surface area (Å²) in [4.78, 5) is 28.8. The van der Waals surface area contributed by atoms with Gasteiger partial charge >= 0.3 is 0 Å². The van der Waals surface area contributed by atoms with Crippen molar-refractivity contribution >= 4 is 29.1 Å². The third kappa shape index (κ3) is 2.33. The minimum Gasteiger partial charge on any atom is -0.317 e. The number of imide groups is 1. The second-order valence-corrected chi connectivity index (χ2v) is 8.32. The number of carbonyl (C=O) groups is 2. The lowest BCUT2D eigenvalue weighted by molar-refractivity contribution is -0.130. The standard InChI is InChI=1S/C22H21ClN2O2/c23-16-7-5-15(6-8-16)21(9-10-21)19(26)25-18-4-2-1-3-17(18)22(20(25)27)11-13-24-14-12-22/h1-8,24H,9-14H2. The Bertz CT molecular complexity index is 928. The molecule has 0 unspecified atom stereocenters. The normalized spacial score (nSPS) is 22.0. The second kappa shape index (κ2) is 5.91. The molecule has 5 heteroatoms. The minimum atomic E-state index is -0.591. The maximum atomic E-state index is 13.7. The van der Waals surface area contributed by atoms with Crippen molar-refractivity contribution in [3.05, 3.63) is 64.7 Å². The number of piperidine rings is 1. The average Bonchev–Trinajstić information content (AvgIpc) is 3.48. The molecule has 5 rings (SSSR count). The monoisotopic (exact) mass is 380 g/mol. The first-order valence-corrected chi connectivity index (χ1v) is 9.92. The van der Waals surface area contributed by atoms with Crippen LogP contribution in [0.3, 0.4) is 0 Å². The quantitative estimate of drug-likeness (QED) is 0.810. The summed E-state index contributed by atoms with van der Waals surface area (Å²) in [6.07, 6.45) is 3.02. The summed E-state index contributed by atoms with van der Waals surface area (Å²) in [6.45, 7) is 1.59. The van der Waals surface area contributed by atoms with Crippen molar-refractivity contribution in [2.24, 2.45) is 0 Å². The first kappa shape index (κ1) is 17.0. The highest BCUT2D eigenvalue weighted by molar-refractivity contribution is 6.30. The second-order valence-electron chi connectivity index (χ2n) is 7.88. The van der Waals surface area contributed by atoms with Crippen molar-refractivity contribution in [2.75, 3.05) is 18.0 Å². The molecule has 2 aromatic carbocycles. The van der Waals surface area contributed by atoms with E-state index < -0.39 is 10.8 Å². The Morgan fingerprint density at radius 3 is 2.30 bits per heavy atom. The fourth-order valence-corrected chi connectivity index (χ4v) is 4.91. The molecule has 0 bridgehead atoms. The van der Waals surface area contributed by atoms with Crippen molar-refractivity contribution in [3.8, 4) is 0 Å². The molecule has 2 heterocycles. The van der Waals surface area contributed by atoms with E-state index >= 15 is 0 Å². The smallest absolute Gasteiger partial charge is 0.244 e. The number of nitrogens with one attached hydrogen (secondary N) is 1. The van der Waals surface area contributed by atoms with Gasteiger partial charge in [-0.25, -0.2) is 4.90 Å². The van der Waals surface area contributed by atoms with E-state index in [9.17, 15) is 9.59 Å². The van der Waals surface area contributed by atoms with Gasteiger partial charge in [0.15, 0.2) is 0 Å². The van der Waals surface area contributed by atoms with Gasteiger partial charge in [-0.3, -0.25) is 9.59 Å². The molecule has 2 aliphatic heterocycles. The van der Waals surface area contributed by atoms with Crippen LogP contribution in [0, 0.1) is 0 Å². The van der Waals surface area contributed by atoms with Gasteiger partial charge in [0, 0.05) is 5.02 Å². The summed E-state index contributed by atoms with van der Waals surface area (Å²) < 4.78 is 0. The summed E-state index contributed by atoms with van der Waals surface area (Å²) >= 11 is 6.02. The molecule has 1 spiro atoms. The predicted molar refractivity (Wildman–Crippen MR) is 105 cm³/mol. The lowest BCUT2D eigenvalue weighted by atomic mass is 9.74. The topological polar surface area (TPSA) is 49.4 Å². The number of hydrogen-bond donors (Lipinski definition) is 1. The summed E-state index contributed by atoms with van der Waals surface area (Å²) in [5.74, 6) is -0.131. The molecule has 138 valence electrons. The van der Waals surface area contributed by atoms with Crippen molar-refractivity contribution in [1.82, 2.24) is 5.32 Å². The maximum absolute atomic E-state index is 13.7. The predicted octanol–water partition coefficient (Wildman–Crippen LogP) is 3.57. The molecule has 1 saturated carbocycles. The third-order valence-corrected chi connectivity index (χ3v) is 6.74. The number of carbonyl (C=O) groups excluding carboxylic acids is 2. The third-order valence-electron chi connectivity index (χ3n) is 6.49. The highest BCUT2D eigenvalue weighted by Gasteiger charge is 2.60. The first-order chi connectivity index (χ1) is 13.1. The minimum absolute atomic E-state index is 0.0459. The molecule has 0 atom stereocenters. The Labute approximate surface area is 163 Å². The molecule has 27 heavy (non-hydrogen) atoms. The van der Waals surface area contributed by atoms with E-state index in [1.54, 1.807) is 0 Å². The van der Waals surface area contributed by atoms with E-state index in [1.165, 1.54) is 4.90 Å². The lowest BCUT2D eigenvalue weighted by Crippen LogP contribution is -2.50. The highest BCUT2D eigenvalue weighted by atomic mass is 35.5. The number of benzene rings is 2. The SMILES string of the molecule is O=C(N1C(=O)C2(CCNCC2)c2ccccc21)C1(c2ccc(Cl)cc2)CC1. The van der Waals surface area contributed by atoms with Crippen LogP contribution in [-0.2, 0) is 20.4 Å². The van der Waals surface area contributed by atoms with Crippen LogP contribution >= 0.6 is 11.6 Å². The van der Waals surface area contributed by atoms with Crippen LogP contribution in [-0.4, -0.2) is 24.9 Å². The van der Waals surface area contributed by atoms with E-state index in [2.05, 4.69) is 5.32 Å². The number of amides is 2. The number of halogens is 1. The van der Waals surface area contributed by atoms with Gasteiger partial charge in [0.05, 0.1) is 16.5 Å². The number of para-hydroxylation sites is 1. The van der Waals surface area contributed by atoms with Gasteiger partial charge < -0.3 is 5.32 Å². The number of fused-ring (bicyclic) bond motifs is 2. The largest absolute Gasteiger partial charge is 0.317 e. The molecule has 4 nitrogen and oxygen atoms in total. The van der Waals surface area contributed by atoms with E-state index in [1.807, 2.05) is 48.5 Å². The van der Waals surface area contributed by atoms with E-state index in [4.69, 9.17) is 11.6 Å². The fourth-order valence-electron chi connectivity index (χ4n) is 4.78. The molecule has 1 N–H and O–H groups in total. The van der Waals surface area contributed by atoms with Gasteiger partial charge in [-0.05, 0) is 68.1 Å². The maximum Gasteiger partial charge on any atom is 0.244 e. The number of nitrogens with zero attached hydrogens (tertiary/aromatic N) is 1. The fraction of sp³-hybridized carbons (Fsp3) is 0.364. The summed E-state index contributed by atoms with van der Waals surface area (Å²) in [5.41, 5.74) is 1.58.